The van der Waals surface area contributed by atoms with Crippen molar-refractivity contribution in [3.8, 4) is 0 Å². The van der Waals surface area contributed by atoms with Crippen LogP contribution in [0.4, 0.5) is 0 Å². The normalized spacial score (nSPS) is 14.7. The molecule has 0 amide bonds. The molecule has 0 rings (SSSR count). The average molecular weight is 1380 g/mol. The lowest BCUT2D eigenvalue weighted by molar-refractivity contribution is -0.161. The number of carbonyl (C=O) groups is 4. The Balaban J connectivity index is 5.22. The van der Waals surface area contributed by atoms with E-state index in [1.807, 2.05) is 0 Å². The Hall–Kier alpha value is -1.94. The molecule has 0 heterocycles. The number of hydrogen-bond acceptors (Lipinski definition) is 15. The smallest absolute Gasteiger partial charge is 0.462 e. The second-order valence-corrected chi connectivity index (χ2v) is 31.4. The summed E-state index contributed by atoms with van der Waals surface area (Å²) in [5, 5.41) is 10.6. The molecule has 94 heavy (non-hydrogen) atoms. The summed E-state index contributed by atoms with van der Waals surface area (Å²) in [6.07, 6.45) is 48.6. The highest BCUT2D eigenvalue weighted by atomic mass is 31.2. The van der Waals surface area contributed by atoms with Gasteiger partial charge in [-0.2, -0.15) is 0 Å². The number of unbranched alkanes of at least 4 members (excludes halogenated alkanes) is 36. The molecular weight excluding hydrogens is 1230 g/mol. The van der Waals surface area contributed by atoms with Gasteiger partial charge in [-0.05, 0) is 49.4 Å². The molecule has 17 nitrogen and oxygen atoms in total. The molecule has 0 aromatic heterocycles. The quantitative estimate of drug-likeness (QED) is 0.0222. The number of phosphoric acid groups is 2. The molecule has 0 bridgehead atoms. The van der Waals surface area contributed by atoms with Gasteiger partial charge >= 0.3 is 39.5 Å². The number of rotatable bonds is 72. The molecule has 0 aliphatic heterocycles. The SMILES string of the molecule is CCC(C)CCCCCCCCCCC(=O)O[C@H](COC(=O)CCCCCCCCC(C)CC)COP(=O)(O)OC[C@H](O)COP(=O)(O)OC[C@@H](COC(=O)CCCCCCCCCCCCCCCCCCC(C)C)OC(=O)CCCCCCCCCCCCC(C)C. The number of ether oxygens (including phenoxy) is 4. The Bertz CT molecular complexity index is 1850. The van der Waals surface area contributed by atoms with E-state index in [1.165, 1.54) is 173 Å². The fraction of sp³-hybridized carbons (Fsp3) is 0.947. The van der Waals surface area contributed by atoms with Crippen molar-refractivity contribution in [1.82, 2.24) is 0 Å². The van der Waals surface area contributed by atoms with Crippen molar-refractivity contribution in [1.29, 1.82) is 0 Å². The summed E-state index contributed by atoms with van der Waals surface area (Å²) >= 11 is 0. The second kappa shape index (κ2) is 64.4. The summed E-state index contributed by atoms with van der Waals surface area (Å²) < 4.78 is 68.5. The summed E-state index contributed by atoms with van der Waals surface area (Å²) in [6, 6.07) is 0. The van der Waals surface area contributed by atoms with Gasteiger partial charge in [0.05, 0.1) is 26.4 Å². The first kappa shape index (κ1) is 92.1. The molecule has 19 heteroatoms. The second-order valence-electron chi connectivity index (χ2n) is 28.5. The van der Waals surface area contributed by atoms with Gasteiger partial charge in [0.1, 0.15) is 19.3 Å². The fourth-order valence-corrected chi connectivity index (χ4v) is 12.9. The summed E-state index contributed by atoms with van der Waals surface area (Å²) in [5.74, 6) is 0.940. The minimum absolute atomic E-state index is 0.104. The summed E-state index contributed by atoms with van der Waals surface area (Å²) in [7, 11) is -9.91. The number of aliphatic hydroxyl groups is 1. The van der Waals surface area contributed by atoms with E-state index in [1.54, 1.807) is 0 Å². The zero-order valence-corrected chi connectivity index (χ0v) is 63.4. The van der Waals surface area contributed by atoms with Crippen molar-refractivity contribution >= 4 is 39.5 Å². The zero-order valence-electron chi connectivity index (χ0n) is 61.6. The van der Waals surface area contributed by atoms with Crippen LogP contribution in [0.3, 0.4) is 0 Å². The number of aliphatic hydroxyl groups excluding tert-OH is 1. The minimum atomic E-state index is -4.96. The molecule has 0 spiro atoms. The molecule has 0 saturated heterocycles. The third-order valence-electron chi connectivity index (χ3n) is 18.0. The fourth-order valence-electron chi connectivity index (χ4n) is 11.3. The molecule has 558 valence electrons. The maximum absolute atomic E-state index is 13.1. The van der Waals surface area contributed by atoms with E-state index in [9.17, 15) is 43.2 Å². The highest BCUT2D eigenvalue weighted by Gasteiger charge is 2.30. The van der Waals surface area contributed by atoms with Crippen LogP contribution < -0.4 is 0 Å². The van der Waals surface area contributed by atoms with Crippen LogP contribution in [0.5, 0.6) is 0 Å². The Kier molecular flexibility index (Phi) is 63.1. The molecule has 0 radical (unpaired) electrons. The van der Waals surface area contributed by atoms with Crippen LogP contribution in [0.1, 0.15) is 376 Å². The van der Waals surface area contributed by atoms with Gasteiger partial charge in [-0.3, -0.25) is 37.3 Å². The van der Waals surface area contributed by atoms with Gasteiger partial charge in [-0.25, -0.2) is 9.13 Å². The van der Waals surface area contributed by atoms with Crippen molar-refractivity contribution in [2.24, 2.45) is 23.7 Å². The van der Waals surface area contributed by atoms with Crippen molar-refractivity contribution in [3.63, 3.8) is 0 Å². The van der Waals surface area contributed by atoms with Crippen molar-refractivity contribution < 1.29 is 80.2 Å². The van der Waals surface area contributed by atoms with Gasteiger partial charge in [0, 0.05) is 25.7 Å². The zero-order chi connectivity index (χ0) is 69.6. The lowest BCUT2D eigenvalue weighted by Gasteiger charge is -2.21. The largest absolute Gasteiger partial charge is 0.472 e. The Morgan fingerprint density at radius 1 is 0.298 bits per heavy atom. The van der Waals surface area contributed by atoms with Gasteiger partial charge in [-0.1, -0.05) is 325 Å². The van der Waals surface area contributed by atoms with Gasteiger partial charge in [0.25, 0.3) is 0 Å². The first-order valence-electron chi connectivity index (χ1n) is 38.8. The van der Waals surface area contributed by atoms with E-state index in [-0.39, 0.29) is 25.7 Å². The third kappa shape index (κ3) is 66.0. The maximum Gasteiger partial charge on any atom is 0.472 e. The molecular formula is C75H146O17P2. The van der Waals surface area contributed by atoms with Crippen LogP contribution in [-0.2, 0) is 65.4 Å². The number of hydrogen-bond donors (Lipinski definition) is 3. The van der Waals surface area contributed by atoms with Crippen molar-refractivity contribution in [2.45, 2.75) is 395 Å². The van der Waals surface area contributed by atoms with Gasteiger partial charge in [0.2, 0.25) is 0 Å². The molecule has 0 saturated carbocycles. The number of phosphoric ester groups is 2. The van der Waals surface area contributed by atoms with E-state index in [2.05, 4.69) is 55.4 Å². The first-order valence-corrected chi connectivity index (χ1v) is 41.8. The van der Waals surface area contributed by atoms with Crippen LogP contribution in [0.15, 0.2) is 0 Å². The molecule has 4 unspecified atom stereocenters. The van der Waals surface area contributed by atoms with Crippen LogP contribution in [0.25, 0.3) is 0 Å². The highest BCUT2D eigenvalue weighted by Crippen LogP contribution is 2.45. The molecule has 3 N–H and O–H groups in total. The average Bonchev–Trinajstić information content (AvgIpc) is 2.10. The van der Waals surface area contributed by atoms with Crippen LogP contribution in [-0.4, -0.2) is 96.7 Å². The third-order valence-corrected chi connectivity index (χ3v) is 19.9. The molecule has 0 fully saturated rings. The monoisotopic (exact) mass is 1380 g/mol. The van der Waals surface area contributed by atoms with E-state index < -0.39 is 97.5 Å². The van der Waals surface area contributed by atoms with Crippen molar-refractivity contribution in [3.05, 3.63) is 0 Å². The number of esters is 4. The van der Waals surface area contributed by atoms with E-state index in [4.69, 9.17) is 37.0 Å². The summed E-state index contributed by atoms with van der Waals surface area (Å²) in [4.78, 5) is 72.7. The Morgan fingerprint density at radius 2 is 0.511 bits per heavy atom. The standard InChI is InChI=1S/C75H146O17P2/c1-9-67(7)53-45-37-29-25-26-32-42-50-58-75(80)92-71(62-86-73(78)56-48-40-34-33-38-46-54-68(8)10-2)64-90-94(83,84)88-60-69(76)59-87-93(81,82)89-63-70(91-74(79)57-49-41-31-24-20-19-22-28-36-44-52-66(5)6)61-85-72(77)55-47-39-30-23-18-16-14-12-11-13-15-17-21-27-35-43-51-65(3)4/h65-71,76H,9-64H2,1-8H3,(H,81,82)(H,83,84)/t67?,68?,69-,70-,71-/m1/s1. The predicted molar refractivity (Wildman–Crippen MR) is 381 cm³/mol. The molecule has 0 aromatic rings. The Labute approximate surface area is 575 Å². The highest BCUT2D eigenvalue weighted by molar-refractivity contribution is 7.47. The minimum Gasteiger partial charge on any atom is -0.462 e. The first-order chi connectivity index (χ1) is 45.2. The summed E-state index contributed by atoms with van der Waals surface area (Å²) in [5.41, 5.74) is 0. The molecule has 0 aliphatic carbocycles. The van der Waals surface area contributed by atoms with Crippen LogP contribution in [0.2, 0.25) is 0 Å². The van der Waals surface area contributed by atoms with Crippen LogP contribution >= 0.6 is 15.6 Å². The van der Waals surface area contributed by atoms with Gasteiger partial charge < -0.3 is 33.8 Å². The van der Waals surface area contributed by atoms with Crippen molar-refractivity contribution in [2.75, 3.05) is 39.6 Å². The predicted octanol–water partition coefficient (Wildman–Crippen LogP) is 21.7. The lowest BCUT2D eigenvalue weighted by atomic mass is 9.99. The van der Waals surface area contributed by atoms with E-state index >= 15 is 0 Å². The maximum atomic E-state index is 13.1. The summed E-state index contributed by atoms with van der Waals surface area (Å²) in [6.45, 7) is 14.2. The van der Waals surface area contributed by atoms with E-state index in [0.717, 1.165) is 120 Å². The topological polar surface area (TPSA) is 237 Å². The van der Waals surface area contributed by atoms with Gasteiger partial charge in [-0.15, -0.1) is 0 Å². The molecule has 0 aliphatic rings. The lowest BCUT2D eigenvalue weighted by Crippen LogP contribution is -2.30. The number of carbonyl (C=O) groups excluding carboxylic acids is 4. The van der Waals surface area contributed by atoms with Gasteiger partial charge in [0.15, 0.2) is 12.2 Å². The molecule has 7 atom stereocenters. The van der Waals surface area contributed by atoms with Crippen LogP contribution in [0, 0.1) is 23.7 Å². The molecule has 0 aromatic carbocycles. The Morgan fingerprint density at radius 3 is 0.755 bits per heavy atom. The van der Waals surface area contributed by atoms with E-state index in [0.29, 0.717) is 25.7 Å².